The fourth-order valence-electron chi connectivity index (χ4n) is 2.27. The summed E-state index contributed by atoms with van der Waals surface area (Å²) in [4.78, 5) is 8.24. The third kappa shape index (κ3) is 2.98. The normalized spacial score (nSPS) is 10.8. The highest BCUT2D eigenvalue weighted by molar-refractivity contribution is 6.30. The van der Waals surface area contributed by atoms with Gasteiger partial charge in [0.25, 0.3) is 0 Å². The van der Waals surface area contributed by atoms with Gasteiger partial charge in [-0.05, 0) is 29.3 Å². The molecule has 1 heterocycles. The van der Waals surface area contributed by atoms with Gasteiger partial charge in [0.2, 0.25) is 5.88 Å². The SMILES string of the molecule is CCCc1c(Cl)ncnc1Oc1ccc2ccccc2c1. The van der Waals surface area contributed by atoms with Gasteiger partial charge >= 0.3 is 0 Å². The summed E-state index contributed by atoms with van der Waals surface area (Å²) in [5.74, 6) is 1.29. The fraction of sp³-hybridized carbons (Fsp3) is 0.176. The summed E-state index contributed by atoms with van der Waals surface area (Å²) < 4.78 is 5.92. The largest absolute Gasteiger partial charge is 0.439 e. The van der Waals surface area contributed by atoms with Crippen molar-refractivity contribution in [1.29, 1.82) is 0 Å². The van der Waals surface area contributed by atoms with E-state index in [1.165, 1.54) is 11.7 Å². The summed E-state index contributed by atoms with van der Waals surface area (Å²) >= 11 is 6.14. The lowest BCUT2D eigenvalue weighted by atomic mass is 10.1. The molecule has 21 heavy (non-hydrogen) atoms. The Labute approximate surface area is 128 Å². The van der Waals surface area contributed by atoms with Gasteiger partial charge in [0.1, 0.15) is 17.2 Å². The quantitative estimate of drug-likeness (QED) is 0.634. The molecule has 0 N–H and O–H groups in total. The molecule has 106 valence electrons. The molecule has 3 nitrogen and oxygen atoms in total. The molecule has 0 aliphatic heterocycles. The number of nitrogens with zero attached hydrogens (tertiary/aromatic N) is 2. The first-order valence-corrected chi connectivity index (χ1v) is 7.31. The third-order valence-electron chi connectivity index (χ3n) is 3.29. The van der Waals surface area contributed by atoms with Crippen LogP contribution in [0.4, 0.5) is 0 Å². The van der Waals surface area contributed by atoms with Crippen molar-refractivity contribution in [2.45, 2.75) is 19.8 Å². The van der Waals surface area contributed by atoms with Crippen molar-refractivity contribution in [1.82, 2.24) is 9.97 Å². The highest BCUT2D eigenvalue weighted by Gasteiger charge is 2.11. The Morgan fingerprint density at radius 1 is 1.05 bits per heavy atom. The van der Waals surface area contributed by atoms with Crippen LogP contribution < -0.4 is 4.74 Å². The minimum Gasteiger partial charge on any atom is -0.439 e. The Morgan fingerprint density at radius 2 is 1.86 bits per heavy atom. The highest BCUT2D eigenvalue weighted by Crippen LogP contribution is 2.29. The standard InChI is InChI=1S/C17H15ClN2O/c1-2-5-15-16(18)19-11-20-17(15)21-14-9-8-12-6-3-4-7-13(12)10-14/h3-4,6-11H,2,5H2,1H3. The van der Waals surface area contributed by atoms with Crippen molar-refractivity contribution in [3.8, 4) is 11.6 Å². The number of hydrogen-bond donors (Lipinski definition) is 0. The van der Waals surface area contributed by atoms with Crippen LogP contribution in [-0.2, 0) is 6.42 Å². The average molecular weight is 299 g/mol. The predicted molar refractivity (Wildman–Crippen MR) is 85.1 cm³/mol. The second kappa shape index (κ2) is 6.10. The zero-order valence-electron chi connectivity index (χ0n) is 11.7. The summed E-state index contributed by atoms with van der Waals surface area (Å²) in [6.07, 6.45) is 3.18. The maximum atomic E-state index is 6.14. The number of aromatic nitrogens is 2. The zero-order valence-corrected chi connectivity index (χ0v) is 12.5. The Balaban J connectivity index is 1.96. The van der Waals surface area contributed by atoms with Gasteiger partial charge < -0.3 is 4.74 Å². The maximum absolute atomic E-state index is 6.14. The number of halogens is 1. The Bertz CT molecular complexity index is 774. The molecule has 0 amide bonds. The maximum Gasteiger partial charge on any atom is 0.227 e. The molecule has 0 saturated carbocycles. The molecule has 2 aromatic carbocycles. The predicted octanol–water partition coefficient (Wildman–Crippen LogP) is 5.03. The van der Waals surface area contributed by atoms with Crippen molar-refractivity contribution in [2.75, 3.05) is 0 Å². The van der Waals surface area contributed by atoms with Gasteiger partial charge in [0.05, 0.1) is 5.56 Å². The smallest absolute Gasteiger partial charge is 0.227 e. The summed E-state index contributed by atoms with van der Waals surface area (Å²) in [7, 11) is 0. The number of hydrogen-bond acceptors (Lipinski definition) is 3. The fourth-order valence-corrected chi connectivity index (χ4v) is 2.49. The molecule has 1 aromatic heterocycles. The van der Waals surface area contributed by atoms with Gasteiger partial charge in [0, 0.05) is 0 Å². The number of fused-ring (bicyclic) bond motifs is 1. The minimum atomic E-state index is 0.461. The van der Waals surface area contributed by atoms with E-state index in [2.05, 4.69) is 29.0 Å². The zero-order chi connectivity index (χ0) is 14.7. The minimum absolute atomic E-state index is 0.461. The Kier molecular flexibility index (Phi) is 4.02. The summed E-state index contributed by atoms with van der Waals surface area (Å²) in [5.41, 5.74) is 0.856. The summed E-state index contributed by atoms with van der Waals surface area (Å²) in [5, 5.41) is 2.77. The van der Waals surface area contributed by atoms with Crippen LogP contribution in [0.5, 0.6) is 11.6 Å². The van der Waals surface area contributed by atoms with E-state index in [0.717, 1.165) is 29.5 Å². The first-order valence-electron chi connectivity index (χ1n) is 6.94. The van der Waals surface area contributed by atoms with Gasteiger partial charge in [-0.1, -0.05) is 55.3 Å². The van der Waals surface area contributed by atoms with Gasteiger partial charge in [-0.3, -0.25) is 0 Å². The Hall–Kier alpha value is -2.13. The van der Waals surface area contributed by atoms with E-state index in [-0.39, 0.29) is 0 Å². The van der Waals surface area contributed by atoms with E-state index in [1.807, 2.05) is 30.3 Å². The molecule has 3 aromatic rings. The van der Waals surface area contributed by atoms with Crippen LogP contribution in [0.25, 0.3) is 10.8 Å². The average Bonchev–Trinajstić information content (AvgIpc) is 2.51. The molecule has 0 radical (unpaired) electrons. The van der Waals surface area contributed by atoms with Gasteiger partial charge in [-0.2, -0.15) is 0 Å². The van der Waals surface area contributed by atoms with E-state index in [9.17, 15) is 0 Å². The van der Waals surface area contributed by atoms with Gasteiger partial charge in [-0.15, -0.1) is 0 Å². The summed E-state index contributed by atoms with van der Waals surface area (Å²) in [6, 6.07) is 14.1. The topological polar surface area (TPSA) is 35.0 Å². The van der Waals surface area contributed by atoms with Crippen molar-refractivity contribution < 1.29 is 4.74 Å². The van der Waals surface area contributed by atoms with Crippen molar-refractivity contribution >= 4 is 22.4 Å². The summed E-state index contributed by atoms with van der Waals surface area (Å²) in [6.45, 7) is 2.09. The number of ether oxygens (including phenoxy) is 1. The van der Waals surface area contributed by atoms with Crippen molar-refractivity contribution in [3.05, 3.63) is 59.5 Å². The van der Waals surface area contributed by atoms with Crippen LogP contribution in [0.1, 0.15) is 18.9 Å². The number of rotatable bonds is 4. The lowest BCUT2D eigenvalue weighted by molar-refractivity contribution is 0.454. The molecule has 0 saturated heterocycles. The van der Waals surface area contributed by atoms with Crippen LogP contribution in [0.15, 0.2) is 48.8 Å². The van der Waals surface area contributed by atoms with E-state index in [4.69, 9.17) is 16.3 Å². The molecular weight excluding hydrogens is 284 g/mol. The van der Waals surface area contributed by atoms with E-state index >= 15 is 0 Å². The lowest BCUT2D eigenvalue weighted by Crippen LogP contribution is -1.97. The van der Waals surface area contributed by atoms with E-state index < -0.39 is 0 Å². The van der Waals surface area contributed by atoms with Crippen LogP contribution in [0.2, 0.25) is 5.15 Å². The van der Waals surface area contributed by atoms with Gasteiger partial charge in [-0.25, -0.2) is 9.97 Å². The molecule has 0 bridgehead atoms. The van der Waals surface area contributed by atoms with Crippen LogP contribution in [-0.4, -0.2) is 9.97 Å². The molecule has 0 unspecified atom stereocenters. The van der Waals surface area contributed by atoms with Crippen LogP contribution >= 0.6 is 11.6 Å². The third-order valence-corrected chi connectivity index (χ3v) is 3.61. The monoisotopic (exact) mass is 298 g/mol. The molecule has 0 atom stereocenters. The molecule has 0 aliphatic rings. The molecule has 0 aliphatic carbocycles. The first kappa shape index (κ1) is 13.8. The van der Waals surface area contributed by atoms with Crippen molar-refractivity contribution in [3.63, 3.8) is 0 Å². The Morgan fingerprint density at radius 3 is 2.67 bits per heavy atom. The second-order valence-corrected chi connectivity index (χ2v) is 5.17. The molecule has 0 fully saturated rings. The second-order valence-electron chi connectivity index (χ2n) is 4.81. The lowest BCUT2D eigenvalue weighted by Gasteiger charge is -2.10. The van der Waals surface area contributed by atoms with Crippen molar-refractivity contribution in [2.24, 2.45) is 0 Å². The van der Waals surface area contributed by atoms with E-state index in [0.29, 0.717) is 11.0 Å². The van der Waals surface area contributed by atoms with Crippen LogP contribution in [0.3, 0.4) is 0 Å². The molecule has 0 spiro atoms. The number of benzene rings is 2. The van der Waals surface area contributed by atoms with Gasteiger partial charge in [0.15, 0.2) is 0 Å². The molecule has 4 heteroatoms. The molecule has 3 rings (SSSR count). The first-order chi connectivity index (χ1) is 10.3. The molecular formula is C17H15ClN2O. The van der Waals surface area contributed by atoms with E-state index in [1.54, 1.807) is 0 Å². The highest BCUT2D eigenvalue weighted by atomic mass is 35.5. The van der Waals surface area contributed by atoms with Crippen LogP contribution in [0, 0.1) is 0 Å².